The molecule has 0 saturated carbocycles. The Bertz CT molecular complexity index is 462. The second-order valence-corrected chi connectivity index (χ2v) is 5.79. The zero-order valence-corrected chi connectivity index (χ0v) is 12.3. The molecule has 0 aromatic heterocycles. The lowest BCUT2D eigenvalue weighted by Gasteiger charge is -2.39. The molecule has 1 saturated heterocycles. The number of ether oxygens (including phenoxy) is 3. The standard InChI is InChI=1S/C17H22O3/c1-11-15-8-9-16(20-15)12(2)17(11)19-10-13-4-6-14(18-3)7-5-13/h4-9,11-12,15-17H,10H2,1-3H3/t11-,12+,15+,16-,17?. The van der Waals surface area contributed by atoms with Crippen LogP contribution in [0.2, 0.25) is 0 Å². The van der Waals surface area contributed by atoms with E-state index < -0.39 is 0 Å². The maximum absolute atomic E-state index is 6.19. The third kappa shape index (κ3) is 2.48. The number of methoxy groups -OCH3 is 1. The fraction of sp³-hybridized carbons (Fsp3) is 0.529. The summed E-state index contributed by atoms with van der Waals surface area (Å²) >= 11 is 0. The Morgan fingerprint density at radius 2 is 1.60 bits per heavy atom. The van der Waals surface area contributed by atoms with Gasteiger partial charge in [-0.15, -0.1) is 0 Å². The molecule has 1 unspecified atom stereocenters. The summed E-state index contributed by atoms with van der Waals surface area (Å²) in [6.45, 7) is 5.07. The molecule has 2 aliphatic heterocycles. The van der Waals surface area contributed by atoms with Gasteiger partial charge < -0.3 is 14.2 Å². The first kappa shape index (κ1) is 13.7. The highest BCUT2D eigenvalue weighted by Gasteiger charge is 2.43. The number of fused-ring (bicyclic) bond motifs is 2. The molecule has 0 radical (unpaired) electrons. The van der Waals surface area contributed by atoms with Crippen LogP contribution in [0.5, 0.6) is 5.75 Å². The molecule has 1 aromatic rings. The topological polar surface area (TPSA) is 27.7 Å². The van der Waals surface area contributed by atoms with E-state index in [0.717, 1.165) is 5.75 Å². The molecule has 0 amide bonds. The normalized spacial score (nSPS) is 35.2. The Kier molecular flexibility index (Phi) is 3.81. The van der Waals surface area contributed by atoms with Crippen molar-refractivity contribution in [1.29, 1.82) is 0 Å². The molecule has 2 bridgehead atoms. The zero-order valence-electron chi connectivity index (χ0n) is 12.3. The van der Waals surface area contributed by atoms with Crippen LogP contribution >= 0.6 is 0 Å². The summed E-state index contributed by atoms with van der Waals surface area (Å²) in [5.41, 5.74) is 1.18. The highest BCUT2D eigenvalue weighted by Crippen LogP contribution is 2.37. The van der Waals surface area contributed by atoms with Crippen LogP contribution in [0.4, 0.5) is 0 Å². The van der Waals surface area contributed by atoms with Crippen LogP contribution in [0.3, 0.4) is 0 Å². The van der Waals surface area contributed by atoms with E-state index in [1.165, 1.54) is 5.56 Å². The molecule has 3 heteroatoms. The first-order valence-corrected chi connectivity index (χ1v) is 7.27. The second kappa shape index (κ2) is 5.58. The van der Waals surface area contributed by atoms with E-state index in [1.807, 2.05) is 12.1 Å². The monoisotopic (exact) mass is 274 g/mol. The van der Waals surface area contributed by atoms with Crippen molar-refractivity contribution < 1.29 is 14.2 Å². The summed E-state index contributed by atoms with van der Waals surface area (Å²) in [6.07, 6.45) is 5.05. The van der Waals surface area contributed by atoms with Gasteiger partial charge in [-0.25, -0.2) is 0 Å². The van der Waals surface area contributed by atoms with Crippen LogP contribution in [0.15, 0.2) is 36.4 Å². The second-order valence-electron chi connectivity index (χ2n) is 5.79. The summed E-state index contributed by atoms with van der Waals surface area (Å²) in [6, 6.07) is 8.06. The van der Waals surface area contributed by atoms with Crippen LogP contribution < -0.4 is 4.74 Å². The maximum atomic E-state index is 6.19. The van der Waals surface area contributed by atoms with Crippen molar-refractivity contribution in [3.05, 3.63) is 42.0 Å². The average molecular weight is 274 g/mol. The molecule has 2 heterocycles. The smallest absolute Gasteiger partial charge is 0.118 e. The minimum atomic E-state index is 0.220. The molecule has 0 N–H and O–H groups in total. The molecular weight excluding hydrogens is 252 g/mol. The van der Waals surface area contributed by atoms with E-state index >= 15 is 0 Å². The first-order chi connectivity index (χ1) is 9.69. The van der Waals surface area contributed by atoms with Gasteiger partial charge in [0.15, 0.2) is 0 Å². The molecule has 3 nitrogen and oxygen atoms in total. The van der Waals surface area contributed by atoms with Crippen LogP contribution in [0.1, 0.15) is 19.4 Å². The lowest BCUT2D eigenvalue weighted by molar-refractivity contribution is -0.145. The third-order valence-corrected chi connectivity index (χ3v) is 4.48. The minimum absolute atomic E-state index is 0.220. The molecule has 2 aliphatic rings. The predicted octanol–water partition coefficient (Wildman–Crippen LogP) is 3.19. The van der Waals surface area contributed by atoms with Crippen LogP contribution in [0, 0.1) is 11.8 Å². The Hall–Kier alpha value is -1.32. The number of rotatable bonds is 4. The first-order valence-electron chi connectivity index (χ1n) is 7.27. The van der Waals surface area contributed by atoms with Crippen molar-refractivity contribution >= 4 is 0 Å². The van der Waals surface area contributed by atoms with Crippen molar-refractivity contribution in [1.82, 2.24) is 0 Å². The average Bonchev–Trinajstić information content (AvgIpc) is 2.93. The summed E-state index contributed by atoms with van der Waals surface area (Å²) in [5, 5.41) is 0. The van der Waals surface area contributed by atoms with Crippen molar-refractivity contribution in [2.24, 2.45) is 11.8 Å². The minimum Gasteiger partial charge on any atom is -0.497 e. The molecule has 0 spiro atoms. The highest BCUT2D eigenvalue weighted by molar-refractivity contribution is 5.26. The van der Waals surface area contributed by atoms with E-state index in [2.05, 4.69) is 38.1 Å². The number of benzene rings is 1. The molecule has 1 aromatic carbocycles. The van der Waals surface area contributed by atoms with Gasteiger partial charge in [-0.05, 0) is 17.7 Å². The fourth-order valence-corrected chi connectivity index (χ4v) is 3.16. The van der Waals surface area contributed by atoms with Crippen molar-refractivity contribution in [3.8, 4) is 5.75 Å². The van der Waals surface area contributed by atoms with E-state index in [0.29, 0.717) is 18.4 Å². The molecule has 1 fully saturated rings. The summed E-state index contributed by atoms with van der Waals surface area (Å²) in [5.74, 6) is 1.68. The molecule has 20 heavy (non-hydrogen) atoms. The number of hydrogen-bond donors (Lipinski definition) is 0. The van der Waals surface area contributed by atoms with Gasteiger partial charge >= 0.3 is 0 Å². The Labute approximate surface area is 120 Å². The van der Waals surface area contributed by atoms with Crippen molar-refractivity contribution in [3.63, 3.8) is 0 Å². The zero-order chi connectivity index (χ0) is 14.1. The lowest BCUT2D eigenvalue weighted by atomic mass is 9.86. The lowest BCUT2D eigenvalue weighted by Crippen LogP contribution is -2.45. The SMILES string of the molecule is COc1ccc(COC2[C@@H](C)[C@H]3C=C[C@H](O3)[C@H]2C)cc1. The van der Waals surface area contributed by atoms with E-state index in [9.17, 15) is 0 Å². The van der Waals surface area contributed by atoms with Gasteiger partial charge in [-0.1, -0.05) is 38.1 Å². The molecule has 0 aliphatic carbocycles. The van der Waals surface area contributed by atoms with E-state index in [4.69, 9.17) is 14.2 Å². The van der Waals surface area contributed by atoms with Crippen LogP contribution in [-0.2, 0) is 16.1 Å². The molecular formula is C17H22O3. The predicted molar refractivity (Wildman–Crippen MR) is 77.7 cm³/mol. The largest absolute Gasteiger partial charge is 0.497 e. The molecule has 3 rings (SSSR count). The van der Waals surface area contributed by atoms with Crippen LogP contribution in [-0.4, -0.2) is 25.4 Å². The van der Waals surface area contributed by atoms with Gasteiger partial charge in [0.2, 0.25) is 0 Å². The van der Waals surface area contributed by atoms with E-state index in [-0.39, 0.29) is 18.3 Å². The van der Waals surface area contributed by atoms with Crippen LogP contribution in [0.25, 0.3) is 0 Å². The summed E-state index contributed by atoms with van der Waals surface area (Å²) in [7, 11) is 1.68. The Morgan fingerprint density at radius 3 is 2.15 bits per heavy atom. The molecule has 108 valence electrons. The van der Waals surface area contributed by atoms with Gasteiger partial charge in [-0.3, -0.25) is 0 Å². The fourth-order valence-electron chi connectivity index (χ4n) is 3.16. The summed E-state index contributed by atoms with van der Waals surface area (Å²) in [4.78, 5) is 0. The van der Waals surface area contributed by atoms with Crippen molar-refractivity contribution in [2.75, 3.05) is 7.11 Å². The van der Waals surface area contributed by atoms with Gasteiger partial charge in [-0.2, -0.15) is 0 Å². The Balaban J connectivity index is 1.62. The van der Waals surface area contributed by atoms with E-state index in [1.54, 1.807) is 7.11 Å². The Morgan fingerprint density at radius 1 is 1.00 bits per heavy atom. The third-order valence-electron chi connectivity index (χ3n) is 4.48. The summed E-state index contributed by atoms with van der Waals surface area (Å²) < 4.78 is 17.3. The quantitative estimate of drug-likeness (QED) is 0.789. The van der Waals surface area contributed by atoms with Crippen molar-refractivity contribution in [2.45, 2.75) is 38.8 Å². The maximum Gasteiger partial charge on any atom is 0.118 e. The molecule has 5 atom stereocenters. The van der Waals surface area contributed by atoms with Gasteiger partial charge in [0, 0.05) is 11.8 Å². The van der Waals surface area contributed by atoms with Gasteiger partial charge in [0.1, 0.15) is 5.75 Å². The number of hydrogen-bond acceptors (Lipinski definition) is 3. The van der Waals surface area contributed by atoms with Gasteiger partial charge in [0.25, 0.3) is 0 Å². The highest BCUT2D eigenvalue weighted by atomic mass is 16.5. The van der Waals surface area contributed by atoms with Gasteiger partial charge in [0.05, 0.1) is 32.0 Å².